The van der Waals surface area contributed by atoms with Gasteiger partial charge >= 0.3 is 0 Å². The van der Waals surface area contributed by atoms with Crippen LogP contribution in [0.3, 0.4) is 0 Å². The van der Waals surface area contributed by atoms with Gasteiger partial charge in [0.2, 0.25) is 5.82 Å². The summed E-state index contributed by atoms with van der Waals surface area (Å²) in [5, 5.41) is 0. The lowest BCUT2D eigenvalue weighted by Gasteiger charge is -2.42. The molecule has 0 spiro atoms. The Labute approximate surface area is 91.9 Å². The molecule has 0 aliphatic rings. The summed E-state index contributed by atoms with van der Waals surface area (Å²) < 4.78 is 112. The van der Waals surface area contributed by atoms with Crippen molar-refractivity contribution >= 4 is 19.7 Å². The Kier molecular flexibility index (Phi) is 2.50. The molecule has 0 amide bonds. The Morgan fingerprint density at radius 3 is 1.06 bits per heavy atom. The van der Waals surface area contributed by atoms with Crippen molar-refractivity contribution in [3.63, 3.8) is 0 Å². The van der Waals surface area contributed by atoms with E-state index in [9.17, 15) is 37.5 Å². The molecule has 1 aromatic rings. The molecule has 0 nitrogen and oxygen atoms in total. The van der Waals surface area contributed by atoms with Crippen molar-refractivity contribution < 1.29 is 37.5 Å². The van der Waals surface area contributed by atoms with Crippen molar-refractivity contribution in [1.82, 2.24) is 0 Å². The van der Waals surface area contributed by atoms with Crippen molar-refractivity contribution in [3.8, 4) is 0 Å². The van der Waals surface area contributed by atoms with Gasteiger partial charge in [0.1, 0.15) is 0 Å². The molecule has 0 aliphatic carbocycles. The molecular weight excluding hydrogens is 311 g/mol. The van der Waals surface area contributed by atoms with E-state index >= 15 is 0 Å². The zero-order valence-electron chi connectivity index (χ0n) is 7.19. The average Bonchev–Trinajstić information content (AvgIpc) is 2.07. The van der Waals surface area contributed by atoms with E-state index in [4.69, 9.17) is 0 Å². The topological polar surface area (TPSA) is 0 Å². The minimum atomic E-state index is -10.0. The first kappa shape index (κ1) is 14.3. The SMILES string of the molecule is Fc1c(F)c(F)c(S(F)(F)(F)(F)Cl)c(F)c1F. The lowest BCUT2D eigenvalue weighted by molar-refractivity contribution is 0.345. The van der Waals surface area contributed by atoms with E-state index in [1.165, 1.54) is 0 Å². The van der Waals surface area contributed by atoms with Crippen LogP contribution < -0.4 is 0 Å². The lowest BCUT2D eigenvalue weighted by atomic mass is 10.3. The van der Waals surface area contributed by atoms with Crippen LogP contribution in [0.2, 0.25) is 0 Å². The molecule has 100 valence electrons. The number of rotatable bonds is 1. The monoisotopic (exact) mass is 310 g/mol. The highest BCUT2D eigenvalue weighted by Gasteiger charge is 2.67. The molecule has 0 N–H and O–H groups in total. The van der Waals surface area contributed by atoms with Crippen molar-refractivity contribution in [2.75, 3.05) is 0 Å². The molecule has 0 saturated carbocycles. The third-order valence-electron chi connectivity index (χ3n) is 1.56. The molecule has 0 heterocycles. The normalized spacial score (nSPS) is 16.6. The summed E-state index contributed by atoms with van der Waals surface area (Å²) in [7, 11) is -6.55. The van der Waals surface area contributed by atoms with Crippen LogP contribution in [0.4, 0.5) is 37.5 Å². The summed E-state index contributed by atoms with van der Waals surface area (Å²) in [4.78, 5) is -3.61. The molecule has 0 bridgehead atoms. The zero-order valence-corrected chi connectivity index (χ0v) is 8.76. The van der Waals surface area contributed by atoms with Gasteiger partial charge in [0.15, 0.2) is 28.2 Å². The maximum absolute atomic E-state index is 12.7. The second-order valence-corrected chi connectivity index (χ2v) is 7.08. The van der Waals surface area contributed by atoms with Crippen LogP contribution in [0.5, 0.6) is 0 Å². The van der Waals surface area contributed by atoms with Gasteiger partial charge in [-0.3, -0.25) is 0 Å². The van der Waals surface area contributed by atoms with Gasteiger partial charge in [-0.2, -0.15) is 0 Å². The van der Waals surface area contributed by atoms with Crippen LogP contribution in [0, 0.1) is 29.1 Å². The fourth-order valence-electron chi connectivity index (χ4n) is 0.923. The van der Waals surface area contributed by atoms with Gasteiger partial charge in [-0.05, 0) is 0 Å². The minimum Gasteiger partial charge on any atom is -0.202 e. The maximum atomic E-state index is 12.7. The molecule has 11 heteroatoms. The van der Waals surface area contributed by atoms with Gasteiger partial charge in [0.05, 0.1) is 0 Å². The fraction of sp³-hybridized carbons (Fsp3) is 0. The maximum Gasteiger partial charge on any atom is 0.259 e. The Bertz CT molecular complexity index is 475. The second-order valence-electron chi connectivity index (χ2n) is 2.87. The predicted octanol–water partition coefficient (Wildman–Crippen LogP) is 5.31. The Hall–Kier alpha value is -0.770. The fourth-order valence-corrected chi connectivity index (χ4v) is 2.19. The van der Waals surface area contributed by atoms with Gasteiger partial charge in [0, 0.05) is 10.7 Å². The summed E-state index contributed by atoms with van der Waals surface area (Å²) in [6.45, 7) is 0. The largest absolute Gasteiger partial charge is 0.259 e. The smallest absolute Gasteiger partial charge is 0.202 e. The van der Waals surface area contributed by atoms with Crippen LogP contribution in [0.1, 0.15) is 0 Å². The van der Waals surface area contributed by atoms with Gasteiger partial charge in [-0.1, -0.05) is 0 Å². The van der Waals surface area contributed by atoms with Gasteiger partial charge in [-0.25, -0.2) is 22.0 Å². The third-order valence-corrected chi connectivity index (χ3v) is 3.15. The molecule has 0 aliphatic heterocycles. The Morgan fingerprint density at radius 2 is 0.824 bits per heavy atom. The number of hydrogen-bond donors (Lipinski definition) is 0. The molecule has 0 atom stereocenters. The average molecular weight is 311 g/mol. The molecule has 0 unspecified atom stereocenters. The Balaban J connectivity index is 3.95. The highest BCUT2D eigenvalue weighted by atomic mass is 35.7. The molecule has 0 aromatic heterocycles. The van der Waals surface area contributed by atoms with E-state index in [0.717, 1.165) is 0 Å². The first-order valence-corrected chi connectivity index (χ1v) is 6.30. The van der Waals surface area contributed by atoms with Crippen LogP contribution in [-0.4, -0.2) is 0 Å². The predicted molar refractivity (Wildman–Crippen MR) is 42.4 cm³/mol. The van der Waals surface area contributed by atoms with E-state index in [1.54, 1.807) is 0 Å². The summed E-state index contributed by atoms with van der Waals surface area (Å²) >= 11 is 0. The summed E-state index contributed by atoms with van der Waals surface area (Å²) in [6, 6.07) is 0. The van der Waals surface area contributed by atoms with Crippen LogP contribution >= 0.6 is 19.7 Å². The quantitative estimate of drug-likeness (QED) is 0.375. The zero-order chi connectivity index (χ0) is 13.9. The minimum absolute atomic E-state index is 2.85. The van der Waals surface area contributed by atoms with Crippen LogP contribution in [0.15, 0.2) is 4.90 Å². The van der Waals surface area contributed by atoms with E-state index in [1.807, 2.05) is 0 Å². The molecule has 1 rings (SSSR count). The van der Waals surface area contributed by atoms with E-state index in [0.29, 0.717) is 0 Å². The third kappa shape index (κ3) is 2.41. The molecule has 0 radical (unpaired) electrons. The summed E-state index contributed by atoms with van der Waals surface area (Å²) in [6.07, 6.45) is 0. The number of benzene rings is 1. The number of hydrogen-bond acceptors (Lipinski definition) is 0. The van der Waals surface area contributed by atoms with E-state index in [2.05, 4.69) is 10.7 Å². The molecule has 1 aromatic carbocycles. The standard InChI is InChI=1S/C6ClF9S/c7-17(13,14,15,16)6-4(11)2(9)1(8)3(10)5(6)12. The molecule has 0 fully saturated rings. The first-order valence-electron chi connectivity index (χ1n) is 3.42. The number of halogens is 10. The van der Waals surface area contributed by atoms with Crippen molar-refractivity contribution in [2.45, 2.75) is 4.90 Å². The van der Waals surface area contributed by atoms with Crippen LogP contribution in [-0.2, 0) is 0 Å². The van der Waals surface area contributed by atoms with E-state index in [-0.39, 0.29) is 0 Å². The first-order chi connectivity index (χ1) is 7.16. The lowest BCUT2D eigenvalue weighted by Crippen LogP contribution is -2.15. The second kappa shape index (κ2) is 2.97. The highest BCUT2D eigenvalue weighted by molar-refractivity contribution is 8.65. The van der Waals surface area contributed by atoms with Crippen molar-refractivity contribution in [3.05, 3.63) is 29.1 Å². The summed E-state index contributed by atoms with van der Waals surface area (Å²) in [5.74, 6) is -15.5. The van der Waals surface area contributed by atoms with Crippen LogP contribution in [0.25, 0.3) is 0 Å². The van der Waals surface area contributed by atoms with Crippen molar-refractivity contribution in [2.24, 2.45) is 0 Å². The van der Waals surface area contributed by atoms with E-state index < -0.39 is 43.0 Å². The molecule has 0 saturated heterocycles. The van der Waals surface area contributed by atoms with Crippen molar-refractivity contribution in [1.29, 1.82) is 0 Å². The highest BCUT2D eigenvalue weighted by Crippen LogP contribution is 3.04. The van der Waals surface area contributed by atoms with Gasteiger partial charge < -0.3 is 0 Å². The van der Waals surface area contributed by atoms with Gasteiger partial charge in [0.25, 0.3) is 9.05 Å². The molecular formula is C6ClF9S. The Morgan fingerprint density at radius 1 is 0.588 bits per heavy atom. The summed E-state index contributed by atoms with van der Waals surface area (Å²) in [5.41, 5.74) is 0. The molecule has 17 heavy (non-hydrogen) atoms. The van der Waals surface area contributed by atoms with Gasteiger partial charge in [-0.15, -0.1) is 15.5 Å².